The molecule has 1 heterocycles. The van der Waals surface area contributed by atoms with E-state index in [-0.39, 0.29) is 11.8 Å². The topological polar surface area (TPSA) is 59.8 Å². The minimum atomic E-state index is -0.201. The van der Waals surface area contributed by atoms with Crippen molar-refractivity contribution in [3.8, 4) is 0 Å². The van der Waals surface area contributed by atoms with Crippen molar-refractivity contribution < 1.29 is 4.79 Å². The highest BCUT2D eigenvalue weighted by atomic mass is 16.1. The quantitative estimate of drug-likeness (QED) is 0.683. The Morgan fingerprint density at radius 2 is 1.67 bits per heavy atom. The van der Waals surface area contributed by atoms with Gasteiger partial charge < -0.3 is 5.32 Å². The number of amides is 1. The van der Waals surface area contributed by atoms with Gasteiger partial charge in [-0.2, -0.15) is 5.10 Å². The molecule has 5 heteroatoms. The normalized spacial score (nSPS) is 12.1. The van der Waals surface area contributed by atoms with E-state index >= 15 is 0 Å². The van der Waals surface area contributed by atoms with Crippen LogP contribution in [-0.2, 0) is 17.8 Å². The molecule has 0 aliphatic heterocycles. The second kappa shape index (κ2) is 8.62. The molecule has 0 aliphatic rings. The first-order valence-electron chi connectivity index (χ1n) is 9.32. The van der Waals surface area contributed by atoms with E-state index in [1.807, 2.05) is 31.2 Å². The Labute approximate surface area is 160 Å². The van der Waals surface area contributed by atoms with Crippen molar-refractivity contribution in [3.63, 3.8) is 0 Å². The van der Waals surface area contributed by atoms with Crippen LogP contribution in [0.4, 0.5) is 5.69 Å². The van der Waals surface area contributed by atoms with Crippen molar-refractivity contribution >= 4 is 11.6 Å². The highest BCUT2D eigenvalue weighted by Crippen LogP contribution is 2.20. The van der Waals surface area contributed by atoms with Gasteiger partial charge in [0.2, 0.25) is 5.91 Å². The molecule has 0 fully saturated rings. The first kappa shape index (κ1) is 18.8. The lowest BCUT2D eigenvalue weighted by molar-refractivity contribution is -0.117. The summed E-state index contributed by atoms with van der Waals surface area (Å²) < 4.78 is 1.76. The van der Waals surface area contributed by atoms with E-state index in [0.29, 0.717) is 12.5 Å². The molecular formula is C22H26N4O. The molecule has 1 N–H and O–H groups in total. The molecule has 0 spiro atoms. The monoisotopic (exact) mass is 362 g/mol. The van der Waals surface area contributed by atoms with Crippen molar-refractivity contribution in [2.75, 3.05) is 5.32 Å². The molecule has 0 saturated carbocycles. The molecular weight excluding hydrogens is 336 g/mol. The molecule has 1 atom stereocenters. The van der Waals surface area contributed by atoms with Crippen LogP contribution in [0.15, 0.2) is 61.2 Å². The third-order valence-corrected chi connectivity index (χ3v) is 4.55. The van der Waals surface area contributed by atoms with Gasteiger partial charge in [0.1, 0.15) is 12.7 Å². The maximum absolute atomic E-state index is 12.6. The Kier molecular flexibility index (Phi) is 6.01. The second-order valence-corrected chi connectivity index (χ2v) is 7.34. The van der Waals surface area contributed by atoms with E-state index in [9.17, 15) is 4.79 Å². The van der Waals surface area contributed by atoms with Crippen LogP contribution < -0.4 is 5.32 Å². The first-order chi connectivity index (χ1) is 13.0. The third kappa shape index (κ3) is 5.26. The van der Waals surface area contributed by atoms with Gasteiger partial charge in [0.15, 0.2) is 0 Å². The standard InChI is InChI=1S/C22H26N4O/c1-16(2)12-18-4-8-20(9-5-18)17(3)22(27)25-21-10-6-19(7-11-21)13-26-15-23-14-24-26/h4-11,14-17H,12-13H2,1-3H3,(H,25,27)/t17-/m0/s1. The summed E-state index contributed by atoms with van der Waals surface area (Å²) in [5.41, 5.74) is 4.24. The summed E-state index contributed by atoms with van der Waals surface area (Å²) in [4.78, 5) is 16.5. The second-order valence-electron chi connectivity index (χ2n) is 7.34. The van der Waals surface area contributed by atoms with E-state index in [0.717, 1.165) is 23.2 Å². The molecule has 27 heavy (non-hydrogen) atoms. The zero-order valence-electron chi connectivity index (χ0n) is 16.1. The summed E-state index contributed by atoms with van der Waals surface area (Å²) in [5, 5.41) is 7.10. The molecule has 0 radical (unpaired) electrons. The van der Waals surface area contributed by atoms with Crippen molar-refractivity contribution in [1.82, 2.24) is 14.8 Å². The number of nitrogens with zero attached hydrogens (tertiary/aromatic N) is 3. The number of nitrogens with one attached hydrogen (secondary N) is 1. The lowest BCUT2D eigenvalue weighted by Crippen LogP contribution is -2.18. The predicted octanol–water partition coefficient (Wildman–Crippen LogP) is 4.27. The molecule has 0 aliphatic carbocycles. The fourth-order valence-corrected chi connectivity index (χ4v) is 3.01. The Morgan fingerprint density at radius 1 is 1.00 bits per heavy atom. The summed E-state index contributed by atoms with van der Waals surface area (Å²) >= 11 is 0. The van der Waals surface area contributed by atoms with Crippen molar-refractivity contribution in [1.29, 1.82) is 0 Å². The Bertz CT molecular complexity index is 852. The molecule has 5 nitrogen and oxygen atoms in total. The fraction of sp³-hybridized carbons (Fsp3) is 0.318. The van der Waals surface area contributed by atoms with Crippen LogP contribution in [0.3, 0.4) is 0 Å². The van der Waals surface area contributed by atoms with Crippen LogP contribution in [-0.4, -0.2) is 20.7 Å². The number of benzene rings is 2. The number of carbonyl (C=O) groups excluding carboxylic acids is 1. The fourth-order valence-electron chi connectivity index (χ4n) is 3.01. The number of rotatable bonds is 7. The predicted molar refractivity (Wildman–Crippen MR) is 108 cm³/mol. The number of hydrogen-bond donors (Lipinski definition) is 1. The Morgan fingerprint density at radius 3 is 2.26 bits per heavy atom. The smallest absolute Gasteiger partial charge is 0.231 e. The highest BCUT2D eigenvalue weighted by molar-refractivity contribution is 5.95. The van der Waals surface area contributed by atoms with Crippen molar-refractivity contribution in [2.24, 2.45) is 5.92 Å². The molecule has 140 valence electrons. The molecule has 3 aromatic rings. The van der Waals surface area contributed by atoms with Gasteiger partial charge in [-0.3, -0.25) is 4.79 Å². The molecule has 1 amide bonds. The summed E-state index contributed by atoms with van der Waals surface area (Å²) in [7, 11) is 0. The van der Waals surface area contributed by atoms with Gasteiger partial charge in [-0.1, -0.05) is 50.2 Å². The first-order valence-corrected chi connectivity index (χ1v) is 9.32. The maximum atomic E-state index is 12.6. The Balaban J connectivity index is 1.59. The maximum Gasteiger partial charge on any atom is 0.231 e. The third-order valence-electron chi connectivity index (χ3n) is 4.55. The molecule has 0 bridgehead atoms. The summed E-state index contributed by atoms with van der Waals surface area (Å²) in [6, 6.07) is 16.2. The van der Waals surface area contributed by atoms with Crippen LogP contribution in [0, 0.1) is 5.92 Å². The zero-order valence-corrected chi connectivity index (χ0v) is 16.1. The average molecular weight is 362 g/mol. The lowest BCUT2D eigenvalue weighted by Gasteiger charge is -2.14. The largest absolute Gasteiger partial charge is 0.326 e. The molecule has 2 aromatic carbocycles. The summed E-state index contributed by atoms with van der Waals surface area (Å²) in [6.07, 6.45) is 4.26. The number of aromatic nitrogens is 3. The van der Waals surface area contributed by atoms with E-state index < -0.39 is 0 Å². The minimum Gasteiger partial charge on any atom is -0.326 e. The number of anilines is 1. The van der Waals surface area contributed by atoms with E-state index in [1.54, 1.807) is 11.0 Å². The van der Waals surface area contributed by atoms with Crippen LogP contribution in [0.2, 0.25) is 0 Å². The molecule has 1 aromatic heterocycles. The van der Waals surface area contributed by atoms with Gasteiger partial charge >= 0.3 is 0 Å². The van der Waals surface area contributed by atoms with Gasteiger partial charge in [-0.15, -0.1) is 0 Å². The van der Waals surface area contributed by atoms with E-state index in [2.05, 4.69) is 53.5 Å². The Hall–Kier alpha value is -2.95. The van der Waals surface area contributed by atoms with E-state index in [4.69, 9.17) is 0 Å². The molecule has 0 unspecified atom stereocenters. The van der Waals surface area contributed by atoms with Gasteiger partial charge in [-0.05, 0) is 48.1 Å². The van der Waals surface area contributed by atoms with Crippen molar-refractivity contribution in [3.05, 3.63) is 77.9 Å². The minimum absolute atomic E-state index is 0.00404. The zero-order chi connectivity index (χ0) is 19.2. The lowest BCUT2D eigenvalue weighted by atomic mass is 9.96. The number of carbonyl (C=O) groups is 1. The van der Waals surface area contributed by atoms with Crippen molar-refractivity contribution in [2.45, 2.75) is 39.7 Å². The average Bonchev–Trinajstić information content (AvgIpc) is 3.16. The summed E-state index contributed by atoms with van der Waals surface area (Å²) in [5.74, 6) is 0.424. The van der Waals surface area contributed by atoms with Crippen LogP contribution >= 0.6 is 0 Å². The van der Waals surface area contributed by atoms with Gasteiger partial charge in [0, 0.05) is 5.69 Å². The summed E-state index contributed by atoms with van der Waals surface area (Å²) in [6.45, 7) is 7.02. The highest BCUT2D eigenvalue weighted by Gasteiger charge is 2.15. The van der Waals surface area contributed by atoms with Crippen LogP contribution in [0.25, 0.3) is 0 Å². The van der Waals surface area contributed by atoms with Crippen LogP contribution in [0.5, 0.6) is 0 Å². The van der Waals surface area contributed by atoms with E-state index in [1.165, 1.54) is 11.9 Å². The SMILES string of the molecule is CC(C)Cc1ccc([C@H](C)C(=O)Nc2ccc(Cn3cncn3)cc2)cc1. The molecule has 3 rings (SSSR count). The van der Waals surface area contributed by atoms with Gasteiger partial charge in [0.05, 0.1) is 12.5 Å². The molecule has 0 saturated heterocycles. The van der Waals surface area contributed by atoms with Gasteiger partial charge in [0.25, 0.3) is 0 Å². The number of hydrogen-bond acceptors (Lipinski definition) is 3. The van der Waals surface area contributed by atoms with Crippen LogP contribution in [0.1, 0.15) is 43.4 Å². The van der Waals surface area contributed by atoms with Gasteiger partial charge in [-0.25, -0.2) is 9.67 Å².